The first-order chi connectivity index (χ1) is 7.54. The summed E-state index contributed by atoms with van der Waals surface area (Å²) in [6, 6.07) is 3.86. The number of hydrogen-bond donors (Lipinski definition) is 2. The molecule has 0 aromatic heterocycles. The van der Waals surface area contributed by atoms with Crippen LogP contribution in [-0.4, -0.2) is 34.5 Å². The van der Waals surface area contributed by atoms with Gasteiger partial charge < -0.3 is 14.9 Å². The van der Waals surface area contributed by atoms with Gasteiger partial charge in [-0.2, -0.15) is 0 Å². The lowest BCUT2D eigenvalue weighted by atomic mass is 10.3. The Bertz CT molecular complexity index is 384. The fourth-order valence-electron chi connectivity index (χ4n) is 0.993. The van der Waals surface area contributed by atoms with Crippen LogP contribution in [0.25, 0.3) is 0 Å². The SMILES string of the molecule is O=[N+]([O-])c1ccc(Cl)cc1OCC(O)CO. The molecule has 0 aliphatic carbocycles. The molecule has 6 nitrogen and oxygen atoms in total. The minimum absolute atomic E-state index is 0.0370. The molecule has 0 spiro atoms. The van der Waals surface area contributed by atoms with E-state index in [1.165, 1.54) is 18.2 Å². The lowest BCUT2D eigenvalue weighted by molar-refractivity contribution is -0.385. The van der Waals surface area contributed by atoms with Crippen LogP contribution in [-0.2, 0) is 0 Å². The molecule has 0 bridgehead atoms. The monoisotopic (exact) mass is 247 g/mol. The zero-order valence-corrected chi connectivity index (χ0v) is 8.92. The van der Waals surface area contributed by atoms with E-state index in [1.54, 1.807) is 0 Å². The number of aliphatic hydroxyl groups is 2. The van der Waals surface area contributed by atoms with Crippen LogP contribution in [0.1, 0.15) is 0 Å². The zero-order chi connectivity index (χ0) is 12.1. The Balaban J connectivity index is 2.84. The lowest BCUT2D eigenvalue weighted by Crippen LogP contribution is -2.21. The van der Waals surface area contributed by atoms with Gasteiger partial charge in [0.1, 0.15) is 12.7 Å². The number of ether oxygens (including phenoxy) is 1. The van der Waals surface area contributed by atoms with E-state index in [9.17, 15) is 10.1 Å². The Morgan fingerprint density at radius 2 is 2.25 bits per heavy atom. The van der Waals surface area contributed by atoms with Crippen molar-refractivity contribution >= 4 is 17.3 Å². The van der Waals surface area contributed by atoms with Crippen LogP contribution in [0.15, 0.2) is 18.2 Å². The first kappa shape index (κ1) is 12.7. The molecule has 2 N–H and O–H groups in total. The molecule has 88 valence electrons. The van der Waals surface area contributed by atoms with E-state index >= 15 is 0 Å². The van der Waals surface area contributed by atoms with Gasteiger partial charge in [0.25, 0.3) is 0 Å². The van der Waals surface area contributed by atoms with Gasteiger partial charge in [0.05, 0.1) is 11.5 Å². The first-order valence-corrected chi connectivity index (χ1v) is 4.78. The fraction of sp³-hybridized carbons (Fsp3) is 0.333. The van der Waals surface area contributed by atoms with Crippen molar-refractivity contribution in [1.82, 2.24) is 0 Å². The quantitative estimate of drug-likeness (QED) is 0.598. The molecule has 0 amide bonds. The lowest BCUT2D eigenvalue weighted by Gasteiger charge is -2.10. The van der Waals surface area contributed by atoms with Crippen molar-refractivity contribution in [3.63, 3.8) is 0 Å². The van der Waals surface area contributed by atoms with E-state index in [0.29, 0.717) is 5.02 Å². The second-order valence-corrected chi connectivity index (χ2v) is 3.45. The van der Waals surface area contributed by atoms with E-state index in [0.717, 1.165) is 0 Å². The summed E-state index contributed by atoms with van der Waals surface area (Å²) in [5, 5.41) is 28.5. The minimum Gasteiger partial charge on any atom is -0.484 e. The summed E-state index contributed by atoms with van der Waals surface area (Å²) in [5.74, 6) is -0.0370. The van der Waals surface area contributed by atoms with Crippen LogP contribution < -0.4 is 4.74 Å². The number of halogens is 1. The van der Waals surface area contributed by atoms with Crippen LogP contribution in [0.3, 0.4) is 0 Å². The van der Waals surface area contributed by atoms with Gasteiger partial charge in [-0.05, 0) is 6.07 Å². The van der Waals surface area contributed by atoms with Crippen LogP contribution in [0.4, 0.5) is 5.69 Å². The van der Waals surface area contributed by atoms with E-state index in [4.69, 9.17) is 26.6 Å². The van der Waals surface area contributed by atoms with Gasteiger partial charge in [0.15, 0.2) is 5.75 Å². The molecule has 1 atom stereocenters. The number of rotatable bonds is 5. The number of hydrogen-bond acceptors (Lipinski definition) is 5. The highest BCUT2D eigenvalue weighted by Crippen LogP contribution is 2.29. The highest BCUT2D eigenvalue weighted by Gasteiger charge is 2.16. The van der Waals surface area contributed by atoms with Crippen LogP contribution in [0.2, 0.25) is 5.02 Å². The normalized spacial score (nSPS) is 12.2. The van der Waals surface area contributed by atoms with Crippen molar-refractivity contribution in [2.45, 2.75) is 6.10 Å². The van der Waals surface area contributed by atoms with Crippen molar-refractivity contribution in [2.24, 2.45) is 0 Å². The summed E-state index contributed by atoms with van der Waals surface area (Å²) in [6.45, 7) is -0.716. The smallest absolute Gasteiger partial charge is 0.311 e. The Labute approximate surface area is 96.2 Å². The molecule has 0 aliphatic rings. The molecule has 0 aliphatic heterocycles. The van der Waals surface area contributed by atoms with E-state index in [2.05, 4.69) is 0 Å². The average Bonchev–Trinajstić information content (AvgIpc) is 2.25. The molecule has 0 radical (unpaired) electrons. The van der Waals surface area contributed by atoms with Gasteiger partial charge in [0.2, 0.25) is 0 Å². The first-order valence-electron chi connectivity index (χ1n) is 4.40. The number of nitrogens with zero attached hydrogens (tertiary/aromatic N) is 1. The molecule has 7 heteroatoms. The minimum atomic E-state index is -1.08. The molecular formula is C9H10ClNO5. The largest absolute Gasteiger partial charge is 0.484 e. The molecule has 0 fully saturated rings. The molecule has 0 heterocycles. The fourth-order valence-corrected chi connectivity index (χ4v) is 1.16. The Kier molecular flexibility index (Phi) is 4.48. The van der Waals surface area contributed by atoms with Gasteiger partial charge in [-0.1, -0.05) is 11.6 Å². The van der Waals surface area contributed by atoms with Crippen molar-refractivity contribution in [3.8, 4) is 5.75 Å². The molecular weight excluding hydrogens is 238 g/mol. The van der Waals surface area contributed by atoms with E-state index < -0.39 is 17.6 Å². The molecule has 1 aromatic carbocycles. The standard InChI is InChI=1S/C9H10ClNO5/c10-6-1-2-8(11(14)15)9(3-6)16-5-7(13)4-12/h1-3,7,12-13H,4-5H2. The molecule has 1 rings (SSSR count). The van der Waals surface area contributed by atoms with Crippen LogP contribution in [0.5, 0.6) is 5.75 Å². The van der Waals surface area contributed by atoms with E-state index in [1.807, 2.05) is 0 Å². The van der Waals surface area contributed by atoms with Gasteiger partial charge >= 0.3 is 5.69 Å². The van der Waals surface area contributed by atoms with Crippen molar-refractivity contribution in [3.05, 3.63) is 33.3 Å². The molecule has 16 heavy (non-hydrogen) atoms. The summed E-state index contributed by atoms with van der Waals surface area (Å²) in [6.07, 6.45) is -1.08. The maximum Gasteiger partial charge on any atom is 0.311 e. The molecule has 1 aromatic rings. The van der Waals surface area contributed by atoms with Crippen molar-refractivity contribution in [1.29, 1.82) is 0 Å². The van der Waals surface area contributed by atoms with Gasteiger partial charge in [-0.15, -0.1) is 0 Å². The molecule has 0 saturated heterocycles. The summed E-state index contributed by atoms with van der Waals surface area (Å²) in [5.41, 5.74) is -0.241. The predicted octanol–water partition coefficient (Wildman–Crippen LogP) is 0.980. The molecule has 0 saturated carbocycles. The number of aliphatic hydroxyl groups excluding tert-OH is 2. The third-order valence-electron chi connectivity index (χ3n) is 1.76. The number of nitro benzene ring substituents is 1. The number of benzene rings is 1. The zero-order valence-electron chi connectivity index (χ0n) is 8.17. The Morgan fingerprint density at radius 1 is 1.56 bits per heavy atom. The second kappa shape index (κ2) is 5.64. The van der Waals surface area contributed by atoms with Gasteiger partial charge in [0, 0.05) is 17.2 Å². The summed E-state index contributed by atoms with van der Waals surface area (Å²) in [4.78, 5) is 10.0. The Hall–Kier alpha value is -1.37. The third kappa shape index (κ3) is 3.34. The average molecular weight is 248 g/mol. The summed E-state index contributed by atoms with van der Waals surface area (Å²) < 4.78 is 5.00. The summed E-state index contributed by atoms with van der Waals surface area (Å²) in [7, 11) is 0. The van der Waals surface area contributed by atoms with Crippen molar-refractivity contribution < 1.29 is 19.9 Å². The van der Waals surface area contributed by atoms with E-state index in [-0.39, 0.29) is 18.0 Å². The Morgan fingerprint density at radius 3 is 2.81 bits per heavy atom. The highest BCUT2D eigenvalue weighted by molar-refractivity contribution is 6.30. The van der Waals surface area contributed by atoms with Gasteiger partial charge in [-0.25, -0.2) is 0 Å². The van der Waals surface area contributed by atoms with Crippen molar-refractivity contribution in [2.75, 3.05) is 13.2 Å². The maximum absolute atomic E-state index is 10.6. The second-order valence-electron chi connectivity index (χ2n) is 3.02. The third-order valence-corrected chi connectivity index (χ3v) is 2.00. The maximum atomic E-state index is 10.6. The number of nitro groups is 1. The summed E-state index contributed by atoms with van der Waals surface area (Å²) >= 11 is 5.66. The van der Waals surface area contributed by atoms with Crippen LogP contribution >= 0.6 is 11.6 Å². The predicted molar refractivity (Wildman–Crippen MR) is 56.7 cm³/mol. The van der Waals surface area contributed by atoms with Gasteiger partial charge in [-0.3, -0.25) is 10.1 Å². The van der Waals surface area contributed by atoms with Crippen LogP contribution in [0, 0.1) is 10.1 Å². The topological polar surface area (TPSA) is 92.8 Å². The molecule has 1 unspecified atom stereocenters. The highest BCUT2D eigenvalue weighted by atomic mass is 35.5.